The van der Waals surface area contributed by atoms with Gasteiger partial charge in [-0.3, -0.25) is 9.78 Å². The molecular weight excluding hydrogens is 322 g/mol. The lowest BCUT2D eigenvalue weighted by Crippen LogP contribution is -2.30. The van der Waals surface area contributed by atoms with Gasteiger partial charge in [-0.15, -0.1) is 11.3 Å². The van der Waals surface area contributed by atoms with Crippen LogP contribution in [0.25, 0.3) is 0 Å². The summed E-state index contributed by atoms with van der Waals surface area (Å²) >= 11 is 1.39. The number of rotatable bonds is 6. The zero-order valence-corrected chi connectivity index (χ0v) is 14.5. The number of carbonyl (C=O) groups is 1. The number of carbonyl (C=O) groups excluding carboxylic acids is 1. The molecular formula is C18H19N3O2S. The highest BCUT2D eigenvalue weighted by Gasteiger charge is 2.23. The second-order valence-corrected chi connectivity index (χ2v) is 6.68. The lowest BCUT2D eigenvalue weighted by Gasteiger charge is -2.22. The molecule has 0 radical (unpaired) electrons. The summed E-state index contributed by atoms with van der Waals surface area (Å²) in [6.45, 7) is 4.98. The standard InChI is InChI=1S/C18H19N3O2S/c1-13(2)16-17(24-12-20-16)18(22)21(11-15-6-4-8-23-15)10-14-5-3-7-19-9-14/h3-9,12-13H,10-11H2,1-2H3. The van der Waals surface area contributed by atoms with Crippen LogP contribution < -0.4 is 0 Å². The fourth-order valence-electron chi connectivity index (χ4n) is 2.47. The third-order valence-corrected chi connectivity index (χ3v) is 4.48. The molecule has 0 fully saturated rings. The van der Waals surface area contributed by atoms with Gasteiger partial charge in [-0.05, 0) is 29.7 Å². The molecule has 0 saturated heterocycles. The van der Waals surface area contributed by atoms with E-state index in [1.807, 2.05) is 38.1 Å². The third kappa shape index (κ3) is 3.71. The number of hydrogen-bond acceptors (Lipinski definition) is 5. The average molecular weight is 341 g/mol. The average Bonchev–Trinajstić information content (AvgIpc) is 3.26. The van der Waals surface area contributed by atoms with E-state index in [9.17, 15) is 4.79 Å². The Bertz CT molecular complexity index is 782. The Morgan fingerprint density at radius 1 is 1.29 bits per heavy atom. The van der Waals surface area contributed by atoms with E-state index in [-0.39, 0.29) is 11.8 Å². The fourth-order valence-corrected chi connectivity index (χ4v) is 3.38. The van der Waals surface area contributed by atoms with Gasteiger partial charge in [0.15, 0.2) is 0 Å². The zero-order valence-electron chi connectivity index (χ0n) is 13.7. The molecule has 124 valence electrons. The normalized spacial score (nSPS) is 11.0. The topological polar surface area (TPSA) is 59.2 Å². The minimum Gasteiger partial charge on any atom is -0.467 e. The van der Waals surface area contributed by atoms with Crippen molar-refractivity contribution in [3.63, 3.8) is 0 Å². The molecule has 5 nitrogen and oxygen atoms in total. The van der Waals surface area contributed by atoms with Gasteiger partial charge in [-0.1, -0.05) is 19.9 Å². The minimum absolute atomic E-state index is 0.0264. The van der Waals surface area contributed by atoms with Crippen molar-refractivity contribution in [2.45, 2.75) is 32.9 Å². The molecule has 0 aliphatic rings. The molecule has 3 aromatic heterocycles. The maximum absolute atomic E-state index is 13.1. The van der Waals surface area contributed by atoms with Gasteiger partial charge in [-0.2, -0.15) is 0 Å². The van der Waals surface area contributed by atoms with Gasteiger partial charge >= 0.3 is 0 Å². The maximum Gasteiger partial charge on any atom is 0.266 e. The molecule has 0 aromatic carbocycles. The Labute approximate surface area is 145 Å². The smallest absolute Gasteiger partial charge is 0.266 e. The van der Waals surface area contributed by atoms with E-state index in [1.54, 1.807) is 29.1 Å². The lowest BCUT2D eigenvalue weighted by atomic mass is 10.1. The Morgan fingerprint density at radius 3 is 2.83 bits per heavy atom. The quantitative estimate of drug-likeness (QED) is 0.677. The van der Waals surface area contributed by atoms with Crippen molar-refractivity contribution in [2.75, 3.05) is 0 Å². The highest BCUT2D eigenvalue weighted by molar-refractivity contribution is 7.11. The molecule has 0 atom stereocenters. The molecule has 6 heteroatoms. The Hall–Kier alpha value is -2.47. The molecule has 0 spiro atoms. The third-order valence-electron chi connectivity index (χ3n) is 3.65. The maximum atomic E-state index is 13.1. The van der Waals surface area contributed by atoms with Crippen LogP contribution in [0.5, 0.6) is 0 Å². The van der Waals surface area contributed by atoms with Crippen LogP contribution in [0.1, 0.15) is 46.5 Å². The molecule has 3 aromatic rings. The molecule has 0 aliphatic carbocycles. The second kappa shape index (κ2) is 7.40. The predicted molar refractivity (Wildman–Crippen MR) is 92.7 cm³/mol. The van der Waals surface area contributed by atoms with Gasteiger partial charge in [0.05, 0.1) is 24.0 Å². The number of aromatic nitrogens is 2. The van der Waals surface area contributed by atoms with E-state index < -0.39 is 0 Å². The first-order valence-electron chi connectivity index (χ1n) is 7.79. The lowest BCUT2D eigenvalue weighted by molar-refractivity contribution is 0.0720. The van der Waals surface area contributed by atoms with Crippen molar-refractivity contribution in [3.05, 3.63) is 70.3 Å². The molecule has 0 bridgehead atoms. The van der Waals surface area contributed by atoms with Gasteiger partial charge in [-0.25, -0.2) is 4.98 Å². The summed E-state index contributed by atoms with van der Waals surface area (Å²) in [5.74, 6) is 0.934. The van der Waals surface area contributed by atoms with Crippen LogP contribution in [0.4, 0.5) is 0 Å². The van der Waals surface area contributed by atoms with E-state index in [4.69, 9.17) is 4.42 Å². The van der Waals surface area contributed by atoms with Crippen LogP contribution in [0, 0.1) is 0 Å². The predicted octanol–water partition coefficient (Wildman–Crippen LogP) is 4.10. The number of furan rings is 1. The Morgan fingerprint density at radius 2 is 2.17 bits per heavy atom. The van der Waals surface area contributed by atoms with Crippen molar-refractivity contribution >= 4 is 17.2 Å². The van der Waals surface area contributed by atoms with Gasteiger partial charge < -0.3 is 9.32 Å². The molecule has 24 heavy (non-hydrogen) atoms. The van der Waals surface area contributed by atoms with Gasteiger partial charge in [0.25, 0.3) is 5.91 Å². The van der Waals surface area contributed by atoms with Gasteiger partial charge in [0.2, 0.25) is 0 Å². The fraction of sp³-hybridized carbons (Fsp3) is 0.278. The number of nitrogens with zero attached hydrogens (tertiary/aromatic N) is 3. The summed E-state index contributed by atoms with van der Waals surface area (Å²) in [5, 5.41) is 0. The summed E-state index contributed by atoms with van der Waals surface area (Å²) in [5.41, 5.74) is 3.56. The van der Waals surface area contributed by atoms with E-state index in [0.29, 0.717) is 18.0 Å². The zero-order chi connectivity index (χ0) is 16.9. The molecule has 3 rings (SSSR count). The SMILES string of the molecule is CC(C)c1ncsc1C(=O)N(Cc1cccnc1)Cc1ccco1. The van der Waals surface area contributed by atoms with Crippen LogP contribution in [0.2, 0.25) is 0 Å². The van der Waals surface area contributed by atoms with E-state index in [2.05, 4.69) is 9.97 Å². The van der Waals surface area contributed by atoms with Crippen LogP contribution >= 0.6 is 11.3 Å². The minimum atomic E-state index is -0.0264. The molecule has 0 unspecified atom stereocenters. The van der Waals surface area contributed by atoms with Crippen molar-refractivity contribution in [1.82, 2.24) is 14.9 Å². The van der Waals surface area contributed by atoms with E-state index in [1.165, 1.54) is 11.3 Å². The number of pyridine rings is 1. The summed E-state index contributed by atoms with van der Waals surface area (Å²) < 4.78 is 5.43. The number of hydrogen-bond donors (Lipinski definition) is 0. The van der Waals surface area contributed by atoms with E-state index in [0.717, 1.165) is 17.0 Å². The summed E-state index contributed by atoms with van der Waals surface area (Å²) in [6, 6.07) is 7.54. The first kappa shape index (κ1) is 16.4. The monoisotopic (exact) mass is 341 g/mol. The van der Waals surface area contributed by atoms with Crippen LogP contribution in [0.3, 0.4) is 0 Å². The van der Waals surface area contributed by atoms with Crippen molar-refractivity contribution in [3.8, 4) is 0 Å². The first-order valence-corrected chi connectivity index (χ1v) is 8.67. The largest absolute Gasteiger partial charge is 0.467 e. The van der Waals surface area contributed by atoms with Crippen LogP contribution in [-0.4, -0.2) is 20.8 Å². The van der Waals surface area contributed by atoms with E-state index >= 15 is 0 Å². The summed E-state index contributed by atoms with van der Waals surface area (Å²) in [4.78, 5) is 24.1. The van der Waals surface area contributed by atoms with Gasteiger partial charge in [0, 0.05) is 18.9 Å². The Kier molecular flexibility index (Phi) is 5.05. The van der Waals surface area contributed by atoms with Gasteiger partial charge in [0.1, 0.15) is 10.6 Å². The molecule has 0 saturated carbocycles. The molecule has 3 heterocycles. The number of amides is 1. The second-order valence-electron chi connectivity index (χ2n) is 5.82. The number of thiazole rings is 1. The summed E-state index contributed by atoms with van der Waals surface area (Å²) in [7, 11) is 0. The summed E-state index contributed by atoms with van der Waals surface area (Å²) in [6.07, 6.45) is 5.12. The van der Waals surface area contributed by atoms with Crippen LogP contribution in [-0.2, 0) is 13.1 Å². The van der Waals surface area contributed by atoms with Crippen LogP contribution in [0.15, 0.2) is 52.9 Å². The highest BCUT2D eigenvalue weighted by Crippen LogP contribution is 2.24. The van der Waals surface area contributed by atoms with Crippen molar-refractivity contribution in [2.24, 2.45) is 0 Å². The highest BCUT2D eigenvalue weighted by atomic mass is 32.1. The first-order chi connectivity index (χ1) is 11.6. The Balaban J connectivity index is 1.88. The van der Waals surface area contributed by atoms with Crippen molar-refractivity contribution < 1.29 is 9.21 Å². The molecule has 0 aliphatic heterocycles. The van der Waals surface area contributed by atoms with Crippen molar-refractivity contribution in [1.29, 1.82) is 0 Å². The molecule has 1 amide bonds. The molecule has 0 N–H and O–H groups in total.